The Bertz CT molecular complexity index is 903. The Balaban J connectivity index is 1.96. The van der Waals surface area contributed by atoms with E-state index in [0.29, 0.717) is 5.56 Å². The summed E-state index contributed by atoms with van der Waals surface area (Å²) in [5, 5.41) is 3.11. The van der Waals surface area contributed by atoms with E-state index < -0.39 is 0 Å². The molecule has 3 rings (SSSR count). The van der Waals surface area contributed by atoms with E-state index in [0.717, 1.165) is 26.2 Å². The van der Waals surface area contributed by atoms with Crippen molar-refractivity contribution in [2.24, 2.45) is 4.99 Å². The van der Waals surface area contributed by atoms with Gasteiger partial charge in [-0.1, -0.05) is 17.7 Å². The first-order chi connectivity index (χ1) is 11.0. The topological polar surface area (TPSA) is 50.1 Å². The van der Waals surface area contributed by atoms with Gasteiger partial charge >= 0.3 is 0 Å². The van der Waals surface area contributed by atoms with Gasteiger partial charge in [0.2, 0.25) is 0 Å². The van der Waals surface area contributed by atoms with Gasteiger partial charge in [0.25, 0.3) is 5.56 Å². The lowest BCUT2D eigenvalue weighted by Crippen LogP contribution is -2.17. The molecule has 1 heterocycles. The molecule has 5 heteroatoms. The summed E-state index contributed by atoms with van der Waals surface area (Å²) in [6.45, 7) is 3.90. The van der Waals surface area contributed by atoms with Crippen LogP contribution in [0.4, 0.5) is 5.69 Å². The summed E-state index contributed by atoms with van der Waals surface area (Å²) < 4.78 is 2.70. The van der Waals surface area contributed by atoms with Crippen molar-refractivity contribution in [2.45, 2.75) is 13.8 Å². The predicted molar refractivity (Wildman–Crippen MR) is 102 cm³/mol. The van der Waals surface area contributed by atoms with Gasteiger partial charge in [0.05, 0.1) is 16.9 Å². The summed E-state index contributed by atoms with van der Waals surface area (Å²) in [4.78, 5) is 17.0. The third kappa shape index (κ3) is 3.44. The molecular formula is C18H16IN3O. The van der Waals surface area contributed by atoms with E-state index in [9.17, 15) is 4.79 Å². The molecule has 2 aromatic carbocycles. The van der Waals surface area contributed by atoms with Gasteiger partial charge in [0, 0.05) is 15.5 Å². The SMILES string of the molecule is Cc1ccc(-n2[nH]c(C)c(C=Nc3ccc(I)cc3)c2=O)cc1. The molecule has 23 heavy (non-hydrogen) atoms. The van der Waals surface area contributed by atoms with E-state index in [4.69, 9.17) is 0 Å². The van der Waals surface area contributed by atoms with Gasteiger partial charge in [-0.3, -0.25) is 14.9 Å². The zero-order chi connectivity index (χ0) is 16.4. The monoisotopic (exact) mass is 417 g/mol. The Labute approximate surface area is 148 Å². The molecule has 0 fully saturated rings. The smallest absolute Gasteiger partial charge is 0.280 e. The number of aryl methyl sites for hydroxylation is 2. The molecule has 0 spiro atoms. The Morgan fingerprint density at radius 3 is 2.35 bits per heavy atom. The second-order valence-corrected chi connectivity index (χ2v) is 6.61. The molecule has 1 aromatic heterocycles. The summed E-state index contributed by atoms with van der Waals surface area (Å²) in [6.07, 6.45) is 1.63. The number of nitrogens with zero attached hydrogens (tertiary/aromatic N) is 2. The molecular weight excluding hydrogens is 401 g/mol. The highest BCUT2D eigenvalue weighted by molar-refractivity contribution is 14.1. The first kappa shape index (κ1) is 15.7. The number of nitrogens with one attached hydrogen (secondary N) is 1. The minimum absolute atomic E-state index is 0.0967. The maximum atomic E-state index is 12.6. The zero-order valence-electron chi connectivity index (χ0n) is 12.9. The molecule has 1 N–H and O–H groups in total. The lowest BCUT2D eigenvalue weighted by molar-refractivity contribution is 0.835. The van der Waals surface area contributed by atoms with Gasteiger partial charge in [0.1, 0.15) is 0 Å². The standard InChI is InChI=1S/C18H16IN3O/c1-12-3-9-16(10-4-12)22-18(23)17(13(2)21-22)11-20-15-7-5-14(19)6-8-15/h3-11,21H,1-2H3. The second-order valence-electron chi connectivity index (χ2n) is 5.36. The molecule has 0 bridgehead atoms. The average molecular weight is 417 g/mol. The van der Waals surface area contributed by atoms with Gasteiger partial charge in [-0.25, -0.2) is 4.68 Å². The van der Waals surface area contributed by atoms with E-state index >= 15 is 0 Å². The zero-order valence-corrected chi connectivity index (χ0v) is 15.0. The van der Waals surface area contributed by atoms with Crippen molar-refractivity contribution < 1.29 is 0 Å². The molecule has 116 valence electrons. The van der Waals surface area contributed by atoms with Crippen LogP contribution >= 0.6 is 22.6 Å². The Morgan fingerprint density at radius 1 is 1.04 bits per heavy atom. The summed E-state index contributed by atoms with van der Waals surface area (Å²) in [6, 6.07) is 15.6. The average Bonchev–Trinajstić information content (AvgIpc) is 2.82. The van der Waals surface area contributed by atoms with Crippen molar-refractivity contribution in [1.29, 1.82) is 0 Å². The molecule has 0 saturated heterocycles. The molecule has 0 radical (unpaired) electrons. The fourth-order valence-electron chi connectivity index (χ4n) is 2.25. The lowest BCUT2D eigenvalue weighted by Gasteiger charge is -2.01. The molecule has 0 unspecified atom stereocenters. The Kier molecular flexibility index (Phi) is 4.47. The molecule has 0 atom stereocenters. The van der Waals surface area contributed by atoms with E-state index in [-0.39, 0.29) is 5.56 Å². The number of H-pyrrole nitrogens is 1. The molecule has 3 aromatic rings. The number of hydrogen-bond donors (Lipinski definition) is 1. The Hall–Kier alpha value is -2.15. The van der Waals surface area contributed by atoms with Crippen LogP contribution in [0, 0.1) is 17.4 Å². The highest BCUT2D eigenvalue weighted by Crippen LogP contribution is 2.14. The van der Waals surface area contributed by atoms with Crippen LogP contribution in [0.25, 0.3) is 5.69 Å². The van der Waals surface area contributed by atoms with Gasteiger partial charge in [-0.05, 0) is 72.8 Å². The number of benzene rings is 2. The van der Waals surface area contributed by atoms with Crippen LogP contribution in [0.1, 0.15) is 16.8 Å². The fourth-order valence-corrected chi connectivity index (χ4v) is 2.61. The first-order valence-electron chi connectivity index (χ1n) is 7.23. The van der Waals surface area contributed by atoms with Crippen molar-refractivity contribution >= 4 is 34.5 Å². The highest BCUT2D eigenvalue weighted by Gasteiger charge is 2.10. The maximum absolute atomic E-state index is 12.6. The van der Waals surface area contributed by atoms with Crippen LogP contribution in [0.3, 0.4) is 0 Å². The number of aliphatic imine (C=N–C) groups is 1. The molecule has 4 nitrogen and oxygen atoms in total. The van der Waals surface area contributed by atoms with Crippen LogP contribution in [0.2, 0.25) is 0 Å². The van der Waals surface area contributed by atoms with Crippen LogP contribution in [0.15, 0.2) is 58.3 Å². The van der Waals surface area contributed by atoms with E-state index in [2.05, 4.69) is 32.7 Å². The molecule has 0 saturated carbocycles. The van der Waals surface area contributed by atoms with Crippen LogP contribution < -0.4 is 5.56 Å². The highest BCUT2D eigenvalue weighted by atomic mass is 127. The van der Waals surface area contributed by atoms with Gasteiger partial charge in [0.15, 0.2) is 0 Å². The summed E-state index contributed by atoms with van der Waals surface area (Å²) in [5.74, 6) is 0. The fraction of sp³-hybridized carbons (Fsp3) is 0.111. The first-order valence-corrected chi connectivity index (χ1v) is 8.31. The van der Waals surface area contributed by atoms with Crippen molar-refractivity contribution in [3.8, 4) is 5.69 Å². The normalized spacial score (nSPS) is 11.3. The van der Waals surface area contributed by atoms with Crippen molar-refractivity contribution in [1.82, 2.24) is 9.78 Å². The second kappa shape index (κ2) is 6.54. The largest absolute Gasteiger partial charge is 0.295 e. The number of rotatable bonds is 3. The summed E-state index contributed by atoms with van der Waals surface area (Å²) in [5.41, 5.74) is 4.07. The van der Waals surface area contributed by atoms with Gasteiger partial charge < -0.3 is 0 Å². The molecule has 0 aliphatic rings. The van der Waals surface area contributed by atoms with Crippen LogP contribution in [0.5, 0.6) is 0 Å². The van der Waals surface area contributed by atoms with Gasteiger partial charge in [-0.15, -0.1) is 0 Å². The van der Waals surface area contributed by atoms with Gasteiger partial charge in [-0.2, -0.15) is 0 Å². The lowest BCUT2D eigenvalue weighted by atomic mass is 10.2. The minimum atomic E-state index is -0.0967. The summed E-state index contributed by atoms with van der Waals surface area (Å²) in [7, 11) is 0. The third-order valence-corrected chi connectivity index (χ3v) is 4.30. The van der Waals surface area contributed by atoms with Crippen LogP contribution in [-0.4, -0.2) is 16.0 Å². The van der Waals surface area contributed by atoms with Crippen LogP contribution in [-0.2, 0) is 0 Å². The molecule has 0 aliphatic carbocycles. The third-order valence-electron chi connectivity index (χ3n) is 3.58. The van der Waals surface area contributed by atoms with Crippen molar-refractivity contribution in [3.63, 3.8) is 0 Å². The number of hydrogen-bond acceptors (Lipinski definition) is 2. The molecule has 0 aliphatic heterocycles. The summed E-state index contributed by atoms with van der Waals surface area (Å²) >= 11 is 2.25. The van der Waals surface area contributed by atoms with E-state index in [1.807, 2.05) is 62.4 Å². The quantitative estimate of drug-likeness (QED) is 0.506. The van der Waals surface area contributed by atoms with Crippen molar-refractivity contribution in [2.75, 3.05) is 0 Å². The molecule has 0 amide bonds. The maximum Gasteiger partial charge on any atom is 0.280 e. The van der Waals surface area contributed by atoms with E-state index in [1.165, 1.54) is 0 Å². The van der Waals surface area contributed by atoms with E-state index in [1.54, 1.807) is 10.9 Å². The number of aromatic nitrogens is 2. The van der Waals surface area contributed by atoms with Crippen molar-refractivity contribution in [3.05, 3.63) is 79.3 Å². The Morgan fingerprint density at radius 2 is 1.70 bits per heavy atom. The number of halogens is 1. The minimum Gasteiger partial charge on any atom is -0.295 e. The predicted octanol–water partition coefficient (Wildman–Crippen LogP) is 4.14. The number of aromatic amines is 1.